The molecule has 2 N–H and O–H groups in total. The number of carbonyl (C=O) groups is 1. The molecule has 6 heteroatoms. The van der Waals surface area contributed by atoms with Crippen LogP contribution in [0.3, 0.4) is 0 Å². The van der Waals surface area contributed by atoms with Gasteiger partial charge in [0.2, 0.25) is 0 Å². The van der Waals surface area contributed by atoms with Gasteiger partial charge in [-0.1, -0.05) is 30.3 Å². The number of ether oxygens (including phenoxy) is 1. The number of phenols is 2. The summed E-state index contributed by atoms with van der Waals surface area (Å²) in [6, 6.07) is 11.9. The van der Waals surface area contributed by atoms with Crippen LogP contribution in [0.5, 0.6) is 17.2 Å². The minimum atomic E-state index is -0.387. The predicted molar refractivity (Wildman–Crippen MR) is 68.5 cm³/mol. The van der Waals surface area contributed by atoms with Gasteiger partial charge in [0.1, 0.15) is 28.9 Å². The number of benzene rings is 2. The van der Waals surface area contributed by atoms with Crippen molar-refractivity contribution >= 4 is 5.78 Å². The molecular weight excluding hydrogens is 303 g/mol. The largest absolute Gasteiger partial charge is 1.00 e. The molecule has 1 aliphatic heterocycles. The average Bonchev–Trinajstić information content (AvgIpc) is 2.38. The first-order chi connectivity index (χ1) is 9.15. The molecule has 0 amide bonds. The Hall–Kier alpha value is -1.20. The Kier molecular flexibility index (Phi) is 6.10. The average molecular weight is 315 g/mol. The summed E-state index contributed by atoms with van der Waals surface area (Å²) in [6.45, 7) is 0. The van der Waals surface area contributed by atoms with Gasteiger partial charge in [-0.25, -0.2) is 0 Å². The third kappa shape index (κ3) is 3.52. The van der Waals surface area contributed by atoms with Crippen LogP contribution in [0.15, 0.2) is 42.5 Å². The summed E-state index contributed by atoms with van der Waals surface area (Å²) < 4.78 is 5.71. The second kappa shape index (κ2) is 7.18. The molecule has 0 fully saturated rings. The van der Waals surface area contributed by atoms with Gasteiger partial charge in [0.05, 0.1) is 6.42 Å². The number of phenolic OH excluding ortho intramolecular Hbond substituents is 2. The van der Waals surface area contributed by atoms with Crippen molar-refractivity contribution in [1.29, 1.82) is 0 Å². The molecule has 1 aliphatic rings. The first-order valence-electron chi connectivity index (χ1n) is 5.96. The zero-order chi connectivity index (χ0) is 13.4. The zero-order valence-electron chi connectivity index (χ0n) is 11.4. The van der Waals surface area contributed by atoms with E-state index >= 15 is 0 Å². The van der Waals surface area contributed by atoms with Crippen molar-refractivity contribution in [2.75, 3.05) is 0 Å². The van der Waals surface area contributed by atoms with Crippen LogP contribution in [0, 0.1) is 0 Å². The predicted octanol–water partition coefficient (Wildman–Crippen LogP) is -3.19. The Morgan fingerprint density at radius 3 is 2.43 bits per heavy atom. The maximum Gasteiger partial charge on any atom is 1.00 e. The molecule has 1 heterocycles. The molecule has 2 aromatic rings. The molecule has 3 rings (SSSR count). The fourth-order valence-electron chi connectivity index (χ4n) is 2.28. The van der Waals surface area contributed by atoms with Crippen molar-refractivity contribution in [3.05, 3.63) is 53.6 Å². The number of fused-ring (bicyclic) bond motifs is 1. The van der Waals surface area contributed by atoms with Crippen molar-refractivity contribution in [1.82, 2.24) is 0 Å². The molecule has 0 saturated carbocycles. The van der Waals surface area contributed by atoms with Gasteiger partial charge >= 0.3 is 29.6 Å². The molecular formula is C15H12ClNaO4. The van der Waals surface area contributed by atoms with Crippen molar-refractivity contribution in [2.45, 2.75) is 12.5 Å². The fraction of sp³-hybridized carbons (Fsp3) is 0.133. The van der Waals surface area contributed by atoms with Gasteiger partial charge < -0.3 is 27.4 Å². The second-order valence-electron chi connectivity index (χ2n) is 4.48. The van der Waals surface area contributed by atoms with Crippen LogP contribution in [0.4, 0.5) is 0 Å². The smallest absolute Gasteiger partial charge is 1.00 e. The van der Waals surface area contributed by atoms with Gasteiger partial charge in [0.15, 0.2) is 5.78 Å². The normalized spacial score (nSPS) is 16.0. The minimum absolute atomic E-state index is 0. The summed E-state index contributed by atoms with van der Waals surface area (Å²) in [5.41, 5.74) is 1.04. The molecule has 1 atom stereocenters. The van der Waals surface area contributed by atoms with Crippen molar-refractivity contribution < 1.29 is 61.7 Å². The third-order valence-electron chi connectivity index (χ3n) is 3.16. The monoisotopic (exact) mass is 314 g/mol. The summed E-state index contributed by atoms with van der Waals surface area (Å²) in [5, 5.41) is 19.2. The molecule has 4 nitrogen and oxygen atoms in total. The summed E-state index contributed by atoms with van der Waals surface area (Å²) in [5.74, 6) is -0.334. The molecule has 0 radical (unpaired) electrons. The van der Waals surface area contributed by atoms with Gasteiger partial charge in [-0.15, -0.1) is 0 Å². The molecule has 0 aromatic heterocycles. The van der Waals surface area contributed by atoms with E-state index in [-0.39, 0.29) is 83.1 Å². The molecule has 104 valence electrons. The van der Waals surface area contributed by atoms with E-state index in [1.165, 1.54) is 6.07 Å². The number of rotatable bonds is 1. The van der Waals surface area contributed by atoms with E-state index in [2.05, 4.69) is 0 Å². The maximum absolute atomic E-state index is 12.1. The molecule has 0 spiro atoms. The van der Waals surface area contributed by atoms with E-state index in [0.29, 0.717) is 0 Å². The SMILES string of the molecule is O=C1CC(c2ccccc2)Oc2cc(O)cc(O)c21.[Cl-].[Na+]. The van der Waals surface area contributed by atoms with Gasteiger partial charge in [0.25, 0.3) is 0 Å². The van der Waals surface area contributed by atoms with E-state index in [1.54, 1.807) is 0 Å². The Morgan fingerprint density at radius 1 is 1.10 bits per heavy atom. The van der Waals surface area contributed by atoms with Crippen LogP contribution < -0.4 is 46.7 Å². The fourth-order valence-corrected chi connectivity index (χ4v) is 2.28. The molecule has 21 heavy (non-hydrogen) atoms. The number of ketones is 1. The van der Waals surface area contributed by atoms with Crippen LogP contribution in [0.25, 0.3) is 0 Å². The number of hydrogen-bond donors (Lipinski definition) is 2. The van der Waals surface area contributed by atoms with Crippen LogP contribution in [-0.2, 0) is 0 Å². The van der Waals surface area contributed by atoms with Crippen molar-refractivity contribution in [3.63, 3.8) is 0 Å². The first-order valence-corrected chi connectivity index (χ1v) is 5.96. The standard InChI is InChI=1S/C15H12O4.ClH.Na/c16-10-6-11(17)15-12(18)8-13(19-14(15)7-10)9-4-2-1-3-5-9;;/h1-7,13,16-17H,8H2;1H;/q;;+1/p-1. The number of aromatic hydroxyl groups is 2. The summed E-state index contributed by atoms with van der Waals surface area (Å²) >= 11 is 0. The summed E-state index contributed by atoms with van der Waals surface area (Å²) in [4.78, 5) is 12.1. The molecule has 0 saturated heterocycles. The van der Waals surface area contributed by atoms with Crippen LogP contribution >= 0.6 is 0 Å². The van der Waals surface area contributed by atoms with Crippen molar-refractivity contribution in [2.24, 2.45) is 0 Å². The quantitative estimate of drug-likeness (QED) is 0.545. The topological polar surface area (TPSA) is 66.8 Å². The van der Waals surface area contributed by atoms with E-state index in [1.807, 2.05) is 30.3 Å². The molecule has 0 bridgehead atoms. The summed E-state index contributed by atoms with van der Waals surface area (Å²) in [6.07, 6.45) is -0.211. The van der Waals surface area contributed by atoms with Gasteiger partial charge in [-0.05, 0) is 5.56 Å². The van der Waals surface area contributed by atoms with Crippen molar-refractivity contribution in [3.8, 4) is 17.2 Å². The van der Waals surface area contributed by atoms with Crippen LogP contribution in [0.2, 0.25) is 0 Å². The van der Waals surface area contributed by atoms with E-state index in [4.69, 9.17) is 4.74 Å². The van der Waals surface area contributed by atoms with E-state index < -0.39 is 0 Å². The first kappa shape index (κ1) is 17.9. The number of hydrogen-bond acceptors (Lipinski definition) is 4. The molecule has 2 aromatic carbocycles. The Balaban J connectivity index is 0.00000110. The molecule has 1 unspecified atom stereocenters. The minimum Gasteiger partial charge on any atom is -1.00 e. The zero-order valence-corrected chi connectivity index (χ0v) is 14.2. The maximum atomic E-state index is 12.1. The van der Waals surface area contributed by atoms with Gasteiger partial charge in [-0.2, -0.15) is 0 Å². The van der Waals surface area contributed by atoms with E-state index in [0.717, 1.165) is 11.6 Å². The Bertz CT molecular complexity index is 646. The number of Topliss-reactive ketones (excluding diaryl/α,β-unsaturated/α-hetero) is 1. The van der Waals surface area contributed by atoms with Crippen LogP contribution in [-0.4, -0.2) is 16.0 Å². The van der Waals surface area contributed by atoms with Gasteiger partial charge in [0, 0.05) is 12.1 Å². The Morgan fingerprint density at radius 2 is 1.76 bits per heavy atom. The van der Waals surface area contributed by atoms with Gasteiger partial charge in [-0.3, -0.25) is 4.79 Å². The Labute approximate surface area is 150 Å². The van der Waals surface area contributed by atoms with Crippen LogP contribution in [0.1, 0.15) is 28.4 Å². The number of halogens is 1. The molecule has 0 aliphatic carbocycles. The second-order valence-corrected chi connectivity index (χ2v) is 4.48. The summed E-state index contributed by atoms with van der Waals surface area (Å²) in [7, 11) is 0. The third-order valence-corrected chi connectivity index (χ3v) is 3.16. The number of carbonyl (C=O) groups excluding carboxylic acids is 1. The van der Waals surface area contributed by atoms with E-state index in [9.17, 15) is 15.0 Å².